The number of ether oxygens (including phenoxy) is 1. The van der Waals surface area contributed by atoms with E-state index >= 15 is 0 Å². The van der Waals surface area contributed by atoms with E-state index in [1.165, 1.54) is 12.8 Å². The molecule has 21 heavy (non-hydrogen) atoms. The van der Waals surface area contributed by atoms with Gasteiger partial charge in [0.15, 0.2) is 0 Å². The zero-order chi connectivity index (χ0) is 14.9. The van der Waals surface area contributed by atoms with Crippen molar-refractivity contribution in [1.29, 1.82) is 0 Å². The van der Waals surface area contributed by atoms with Gasteiger partial charge in [-0.3, -0.25) is 0 Å². The Balaban J connectivity index is 1.62. The lowest BCUT2D eigenvalue weighted by Gasteiger charge is -2.28. The van der Waals surface area contributed by atoms with Crippen LogP contribution in [0.25, 0.3) is 0 Å². The van der Waals surface area contributed by atoms with E-state index in [0.717, 1.165) is 30.7 Å². The molecule has 0 radical (unpaired) electrons. The molecule has 3 rings (SSSR count). The van der Waals surface area contributed by atoms with Crippen LogP contribution in [0, 0.1) is 0 Å². The summed E-state index contributed by atoms with van der Waals surface area (Å²) in [5.74, 6) is 0.923. The molecule has 4 nitrogen and oxygen atoms in total. The van der Waals surface area contributed by atoms with E-state index in [1.807, 2.05) is 26.2 Å². The quantitative estimate of drug-likeness (QED) is 0.843. The summed E-state index contributed by atoms with van der Waals surface area (Å²) in [4.78, 5) is 2.08. The molecule has 1 aromatic rings. The molecule has 116 valence electrons. The van der Waals surface area contributed by atoms with Gasteiger partial charge in [-0.15, -0.1) is 0 Å². The Morgan fingerprint density at radius 2 is 2.14 bits per heavy atom. The normalized spacial score (nSPS) is 28.6. The van der Waals surface area contributed by atoms with Crippen LogP contribution < -0.4 is 15.0 Å². The van der Waals surface area contributed by atoms with E-state index in [2.05, 4.69) is 22.3 Å². The molecule has 2 fully saturated rings. The highest BCUT2D eigenvalue weighted by Gasteiger charge is 2.42. The van der Waals surface area contributed by atoms with E-state index in [1.54, 1.807) is 0 Å². The van der Waals surface area contributed by atoms with Gasteiger partial charge in [0.25, 0.3) is 0 Å². The predicted molar refractivity (Wildman–Crippen MR) is 85.0 cm³/mol. The van der Waals surface area contributed by atoms with Crippen molar-refractivity contribution in [3.63, 3.8) is 0 Å². The number of nitrogens with one attached hydrogen (secondary N) is 1. The van der Waals surface area contributed by atoms with Crippen molar-refractivity contribution >= 4 is 5.69 Å². The topological polar surface area (TPSA) is 44.7 Å². The molecule has 0 bridgehead atoms. The Hall–Kier alpha value is -1.26. The summed E-state index contributed by atoms with van der Waals surface area (Å²) in [6, 6.07) is 8.82. The maximum absolute atomic E-state index is 9.77. The van der Waals surface area contributed by atoms with Crippen LogP contribution in [0.2, 0.25) is 0 Å². The molecule has 0 saturated heterocycles. The SMILES string of the molecule is CN(C)c1cccc(OC2CCC(CO)(NC3CC3)C2)c1. The Labute approximate surface area is 127 Å². The molecule has 2 aliphatic rings. The van der Waals surface area contributed by atoms with Gasteiger partial charge in [-0.2, -0.15) is 0 Å². The molecule has 2 atom stereocenters. The van der Waals surface area contributed by atoms with Gasteiger partial charge in [-0.1, -0.05) is 6.07 Å². The fourth-order valence-electron chi connectivity index (χ4n) is 3.19. The van der Waals surface area contributed by atoms with Crippen molar-refractivity contribution in [3.05, 3.63) is 24.3 Å². The molecule has 2 saturated carbocycles. The number of aliphatic hydroxyl groups excluding tert-OH is 1. The molecule has 2 N–H and O–H groups in total. The van der Waals surface area contributed by atoms with Crippen LogP contribution in [0.4, 0.5) is 5.69 Å². The first-order valence-corrected chi connectivity index (χ1v) is 7.93. The van der Waals surface area contributed by atoms with E-state index in [4.69, 9.17) is 4.74 Å². The third-order valence-electron chi connectivity index (χ3n) is 4.59. The fraction of sp³-hybridized carbons (Fsp3) is 0.647. The smallest absolute Gasteiger partial charge is 0.121 e. The van der Waals surface area contributed by atoms with Gasteiger partial charge < -0.3 is 20.1 Å². The van der Waals surface area contributed by atoms with E-state index < -0.39 is 0 Å². The molecule has 0 aromatic heterocycles. The summed E-state index contributed by atoms with van der Waals surface area (Å²) in [6.07, 6.45) is 5.59. The molecule has 2 aliphatic carbocycles. The van der Waals surface area contributed by atoms with Crippen LogP contribution in [0.3, 0.4) is 0 Å². The number of benzene rings is 1. The summed E-state index contributed by atoms with van der Waals surface area (Å²) in [5, 5.41) is 13.4. The van der Waals surface area contributed by atoms with Crippen molar-refractivity contribution in [2.45, 2.75) is 49.8 Å². The minimum Gasteiger partial charge on any atom is -0.490 e. The Morgan fingerprint density at radius 3 is 2.81 bits per heavy atom. The summed E-state index contributed by atoms with van der Waals surface area (Å²) in [5.41, 5.74) is 1.03. The molecule has 1 aromatic carbocycles. The first kappa shape index (κ1) is 14.7. The van der Waals surface area contributed by atoms with Crippen LogP contribution in [0.1, 0.15) is 32.1 Å². The van der Waals surface area contributed by atoms with Gasteiger partial charge in [-0.25, -0.2) is 0 Å². The van der Waals surface area contributed by atoms with Crippen molar-refractivity contribution in [1.82, 2.24) is 5.32 Å². The van der Waals surface area contributed by atoms with Crippen LogP contribution in [-0.2, 0) is 0 Å². The van der Waals surface area contributed by atoms with Gasteiger partial charge in [0.1, 0.15) is 11.9 Å². The van der Waals surface area contributed by atoms with Crippen LogP contribution in [-0.4, -0.2) is 43.5 Å². The highest BCUT2D eigenvalue weighted by Crippen LogP contribution is 2.36. The van der Waals surface area contributed by atoms with Gasteiger partial charge in [0.2, 0.25) is 0 Å². The molecule has 0 heterocycles. The zero-order valence-electron chi connectivity index (χ0n) is 13.0. The lowest BCUT2D eigenvalue weighted by molar-refractivity contribution is 0.139. The monoisotopic (exact) mass is 290 g/mol. The first-order chi connectivity index (χ1) is 10.1. The van der Waals surface area contributed by atoms with Gasteiger partial charge in [0, 0.05) is 43.9 Å². The second-order valence-corrected chi connectivity index (χ2v) is 6.73. The van der Waals surface area contributed by atoms with Gasteiger partial charge in [-0.05, 0) is 37.8 Å². The molecular formula is C17H26N2O2. The summed E-state index contributed by atoms with van der Waals surface area (Å²) in [6.45, 7) is 0.209. The lowest BCUT2D eigenvalue weighted by Crippen LogP contribution is -2.48. The molecule has 2 unspecified atom stereocenters. The Kier molecular flexibility index (Phi) is 4.09. The molecule has 4 heteroatoms. The second-order valence-electron chi connectivity index (χ2n) is 6.73. The molecule has 0 aliphatic heterocycles. The van der Waals surface area contributed by atoms with Crippen LogP contribution in [0.5, 0.6) is 5.75 Å². The largest absolute Gasteiger partial charge is 0.490 e. The molecular weight excluding hydrogens is 264 g/mol. The minimum atomic E-state index is -0.120. The third kappa shape index (κ3) is 3.50. The maximum Gasteiger partial charge on any atom is 0.121 e. The second kappa shape index (κ2) is 5.85. The molecule has 0 amide bonds. The Bertz CT molecular complexity index is 487. The number of aliphatic hydroxyl groups is 1. The van der Waals surface area contributed by atoms with E-state index in [0.29, 0.717) is 6.04 Å². The highest BCUT2D eigenvalue weighted by molar-refractivity contribution is 5.49. The number of nitrogens with zero attached hydrogens (tertiary/aromatic N) is 1. The fourth-order valence-corrected chi connectivity index (χ4v) is 3.19. The van der Waals surface area contributed by atoms with Gasteiger partial charge in [0.05, 0.1) is 6.61 Å². The van der Waals surface area contributed by atoms with Gasteiger partial charge >= 0.3 is 0 Å². The molecule has 0 spiro atoms. The van der Waals surface area contributed by atoms with E-state index in [-0.39, 0.29) is 18.2 Å². The zero-order valence-corrected chi connectivity index (χ0v) is 13.0. The number of rotatable bonds is 6. The maximum atomic E-state index is 9.77. The average Bonchev–Trinajstić information content (AvgIpc) is 3.19. The van der Waals surface area contributed by atoms with Crippen LogP contribution in [0.15, 0.2) is 24.3 Å². The van der Waals surface area contributed by atoms with E-state index in [9.17, 15) is 5.11 Å². The highest BCUT2D eigenvalue weighted by atomic mass is 16.5. The average molecular weight is 290 g/mol. The summed E-state index contributed by atoms with van der Waals surface area (Å²) in [7, 11) is 4.07. The van der Waals surface area contributed by atoms with Crippen LogP contribution >= 0.6 is 0 Å². The third-order valence-corrected chi connectivity index (χ3v) is 4.59. The first-order valence-electron chi connectivity index (χ1n) is 7.93. The number of anilines is 1. The summed E-state index contributed by atoms with van der Waals surface area (Å²) < 4.78 is 6.15. The standard InChI is InChI=1S/C17H26N2O2/c1-19(2)14-4-3-5-15(10-14)21-16-8-9-17(11-16,12-20)18-13-6-7-13/h3-5,10,13,16,18,20H,6-9,11-12H2,1-2H3. The van der Waals surface area contributed by atoms with Crippen molar-refractivity contribution in [2.75, 3.05) is 25.6 Å². The minimum absolute atomic E-state index is 0.120. The van der Waals surface area contributed by atoms with Crippen molar-refractivity contribution < 1.29 is 9.84 Å². The number of hydrogen-bond acceptors (Lipinski definition) is 4. The Morgan fingerprint density at radius 1 is 1.33 bits per heavy atom. The number of hydrogen-bond donors (Lipinski definition) is 2. The summed E-state index contributed by atoms with van der Waals surface area (Å²) >= 11 is 0. The lowest BCUT2D eigenvalue weighted by atomic mass is 9.98. The predicted octanol–water partition coefficient (Wildman–Crippen LogP) is 2.17. The van der Waals surface area contributed by atoms with Crippen molar-refractivity contribution in [2.24, 2.45) is 0 Å². The van der Waals surface area contributed by atoms with Crippen molar-refractivity contribution in [3.8, 4) is 5.75 Å².